The van der Waals surface area contributed by atoms with Crippen LogP contribution in [0.25, 0.3) is 6.08 Å². The van der Waals surface area contributed by atoms with Crippen LogP contribution in [-0.2, 0) is 10.0 Å². The van der Waals surface area contributed by atoms with Crippen molar-refractivity contribution in [2.45, 2.75) is 51.2 Å². The Kier molecular flexibility index (Phi) is 8.90. The standard InChI is InChI=1S/C22H35N3O5S/c1-6-8-18-9-10-21-19(12-18)30-20(14-24(5)22(27)23-11-7-2)16(3)13-25(17(4)15-26)31(21,28)29/h6,8-10,12,16-17,20,26H,7,11,13-15H2,1-5H3,(H,23,27)/t16-,17-,20-/m0/s1. The first-order valence-corrected chi connectivity index (χ1v) is 12.1. The molecule has 1 aliphatic rings. The van der Waals surface area contributed by atoms with Crippen molar-refractivity contribution < 1.29 is 23.1 Å². The van der Waals surface area contributed by atoms with Crippen molar-refractivity contribution >= 4 is 22.1 Å². The highest BCUT2D eigenvalue weighted by molar-refractivity contribution is 7.89. The van der Waals surface area contributed by atoms with Crippen molar-refractivity contribution in [1.29, 1.82) is 0 Å². The molecule has 1 aliphatic heterocycles. The molecule has 0 fully saturated rings. The van der Waals surface area contributed by atoms with E-state index in [1.165, 1.54) is 4.31 Å². The lowest BCUT2D eigenvalue weighted by molar-refractivity contribution is 0.0812. The Hall–Kier alpha value is -2.10. The zero-order chi connectivity index (χ0) is 23.2. The number of hydrogen-bond donors (Lipinski definition) is 2. The topological polar surface area (TPSA) is 99.2 Å². The molecule has 2 amide bonds. The molecule has 0 spiro atoms. The molecule has 3 atom stereocenters. The number of allylic oxidation sites excluding steroid dienone is 1. The van der Waals surface area contributed by atoms with Crippen LogP contribution >= 0.6 is 0 Å². The van der Waals surface area contributed by atoms with Gasteiger partial charge in [0.1, 0.15) is 16.7 Å². The number of benzene rings is 1. The first-order valence-electron chi connectivity index (χ1n) is 10.7. The lowest BCUT2D eigenvalue weighted by atomic mass is 10.0. The van der Waals surface area contributed by atoms with Crippen molar-refractivity contribution in [3.8, 4) is 5.75 Å². The van der Waals surface area contributed by atoms with Crippen LogP contribution in [0.2, 0.25) is 0 Å². The molecule has 8 nitrogen and oxygen atoms in total. The number of urea groups is 1. The van der Waals surface area contributed by atoms with Crippen molar-refractivity contribution in [1.82, 2.24) is 14.5 Å². The largest absolute Gasteiger partial charge is 0.487 e. The van der Waals surface area contributed by atoms with Crippen LogP contribution in [0.15, 0.2) is 29.2 Å². The van der Waals surface area contributed by atoms with E-state index in [0.717, 1.165) is 12.0 Å². The molecule has 1 heterocycles. The number of fused-ring (bicyclic) bond motifs is 1. The van der Waals surface area contributed by atoms with Gasteiger partial charge in [0.15, 0.2) is 0 Å². The Balaban J connectivity index is 2.47. The van der Waals surface area contributed by atoms with Gasteiger partial charge in [-0.15, -0.1) is 0 Å². The fourth-order valence-electron chi connectivity index (χ4n) is 3.48. The first kappa shape index (κ1) is 25.2. The highest BCUT2D eigenvalue weighted by Crippen LogP contribution is 2.34. The van der Waals surface area contributed by atoms with Crippen LogP contribution in [0.1, 0.15) is 39.7 Å². The number of nitrogens with one attached hydrogen (secondary N) is 1. The van der Waals surface area contributed by atoms with Gasteiger partial charge in [-0.1, -0.05) is 32.1 Å². The Bertz CT molecular complexity index is 887. The van der Waals surface area contributed by atoms with E-state index in [9.17, 15) is 18.3 Å². The third-order valence-corrected chi connectivity index (χ3v) is 7.40. The molecule has 0 unspecified atom stereocenters. The molecular weight excluding hydrogens is 418 g/mol. The molecule has 1 aromatic rings. The minimum absolute atomic E-state index is 0.0658. The highest BCUT2D eigenvalue weighted by atomic mass is 32.2. The first-order chi connectivity index (χ1) is 14.6. The van der Waals surface area contributed by atoms with Gasteiger partial charge in [0.2, 0.25) is 10.0 Å². The van der Waals surface area contributed by atoms with Crippen molar-refractivity contribution in [3.63, 3.8) is 0 Å². The maximum Gasteiger partial charge on any atom is 0.317 e. The minimum Gasteiger partial charge on any atom is -0.487 e. The molecule has 0 radical (unpaired) electrons. The molecule has 0 aliphatic carbocycles. The number of sulfonamides is 1. The Morgan fingerprint density at radius 3 is 2.77 bits per heavy atom. The maximum absolute atomic E-state index is 13.4. The molecule has 31 heavy (non-hydrogen) atoms. The summed E-state index contributed by atoms with van der Waals surface area (Å²) in [4.78, 5) is 14.0. The van der Waals surface area contributed by atoms with E-state index in [1.54, 1.807) is 37.1 Å². The number of nitrogens with zero attached hydrogens (tertiary/aromatic N) is 2. The SMILES string of the molecule is CC=Cc1ccc2c(c1)O[C@@H](CN(C)C(=O)NCCC)[C@@H](C)CN([C@@H](C)CO)S2(=O)=O. The number of aliphatic hydroxyl groups is 1. The Labute approximate surface area is 185 Å². The number of ether oxygens (including phenoxy) is 1. The fourth-order valence-corrected chi connectivity index (χ4v) is 5.30. The second kappa shape index (κ2) is 11.0. The zero-order valence-corrected chi connectivity index (χ0v) is 19.9. The summed E-state index contributed by atoms with van der Waals surface area (Å²) in [7, 11) is -2.17. The minimum atomic E-state index is -3.87. The van der Waals surface area contributed by atoms with Gasteiger partial charge in [0, 0.05) is 32.1 Å². The third-order valence-electron chi connectivity index (χ3n) is 5.38. The molecule has 2 N–H and O–H groups in total. The number of aliphatic hydroxyl groups excluding tert-OH is 1. The van der Waals surface area contributed by atoms with E-state index in [4.69, 9.17) is 4.74 Å². The van der Waals surface area contributed by atoms with Gasteiger partial charge in [0.25, 0.3) is 0 Å². The molecule has 9 heteroatoms. The molecular formula is C22H35N3O5S. The molecule has 174 valence electrons. The lowest BCUT2D eigenvalue weighted by Crippen LogP contribution is -2.51. The summed E-state index contributed by atoms with van der Waals surface area (Å²) < 4.78 is 34.3. The fraction of sp³-hybridized carbons (Fsp3) is 0.591. The molecule has 0 bridgehead atoms. The Morgan fingerprint density at radius 1 is 1.45 bits per heavy atom. The second-order valence-electron chi connectivity index (χ2n) is 8.06. The average Bonchev–Trinajstić information content (AvgIpc) is 2.73. The van der Waals surface area contributed by atoms with E-state index in [2.05, 4.69) is 5.32 Å². The van der Waals surface area contributed by atoms with Gasteiger partial charge < -0.3 is 20.1 Å². The van der Waals surface area contributed by atoms with Crippen LogP contribution in [0.3, 0.4) is 0 Å². The summed E-state index contributed by atoms with van der Waals surface area (Å²) >= 11 is 0. The smallest absolute Gasteiger partial charge is 0.317 e. The molecule has 1 aromatic carbocycles. The predicted octanol–water partition coefficient (Wildman–Crippen LogP) is 2.54. The lowest BCUT2D eigenvalue weighted by Gasteiger charge is -2.37. The number of rotatable bonds is 7. The molecule has 0 saturated carbocycles. The van der Waals surface area contributed by atoms with Crippen LogP contribution in [-0.4, -0.2) is 74.2 Å². The van der Waals surface area contributed by atoms with Gasteiger partial charge in [-0.25, -0.2) is 13.2 Å². The normalized spacial score (nSPS) is 22.1. The van der Waals surface area contributed by atoms with E-state index < -0.39 is 22.2 Å². The van der Waals surface area contributed by atoms with Gasteiger partial charge in [-0.2, -0.15) is 4.31 Å². The molecule has 0 saturated heterocycles. The van der Waals surface area contributed by atoms with E-state index in [-0.39, 0.29) is 35.7 Å². The quantitative estimate of drug-likeness (QED) is 0.661. The summed E-state index contributed by atoms with van der Waals surface area (Å²) in [5, 5.41) is 12.5. The summed E-state index contributed by atoms with van der Waals surface area (Å²) in [5.74, 6) is 0.0355. The number of hydrogen-bond acceptors (Lipinski definition) is 5. The summed E-state index contributed by atoms with van der Waals surface area (Å²) in [6.07, 6.45) is 4.14. The van der Waals surface area contributed by atoms with Crippen molar-refractivity contribution in [2.75, 3.05) is 33.3 Å². The van der Waals surface area contributed by atoms with Crippen molar-refractivity contribution in [2.24, 2.45) is 5.92 Å². The summed E-state index contributed by atoms with van der Waals surface area (Å²) in [5.41, 5.74) is 0.819. The van der Waals surface area contributed by atoms with Crippen LogP contribution in [0, 0.1) is 5.92 Å². The maximum atomic E-state index is 13.4. The van der Waals surface area contributed by atoms with Gasteiger partial charge >= 0.3 is 6.03 Å². The average molecular weight is 454 g/mol. The van der Waals surface area contributed by atoms with Crippen LogP contribution < -0.4 is 10.1 Å². The van der Waals surface area contributed by atoms with Gasteiger partial charge in [-0.3, -0.25) is 0 Å². The van der Waals surface area contributed by atoms with Crippen molar-refractivity contribution in [3.05, 3.63) is 29.8 Å². The number of likely N-dealkylation sites (N-methyl/N-ethyl adjacent to an activating group) is 1. The molecule has 2 rings (SSSR count). The van der Waals surface area contributed by atoms with E-state index >= 15 is 0 Å². The molecule has 0 aromatic heterocycles. The van der Waals surface area contributed by atoms with E-state index in [0.29, 0.717) is 13.1 Å². The summed E-state index contributed by atoms with van der Waals surface area (Å²) in [6.45, 7) is 8.21. The summed E-state index contributed by atoms with van der Waals surface area (Å²) in [6, 6.07) is 4.19. The number of carbonyl (C=O) groups excluding carboxylic acids is 1. The van der Waals surface area contributed by atoms with Gasteiger partial charge in [-0.05, 0) is 38.0 Å². The number of amides is 2. The monoisotopic (exact) mass is 453 g/mol. The number of carbonyl (C=O) groups is 1. The highest BCUT2D eigenvalue weighted by Gasteiger charge is 2.38. The third kappa shape index (κ3) is 5.99. The second-order valence-corrected chi connectivity index (χ2v) is 9.92. The van der Waals surface area contributed by atoms with Gasteiger partial charge in [0.05, 0.1) is 13.2 Å². The zero-order valence-electron chi connectivity index (χ0n) is 19.0. The predicted molar refractivity (Wildman–Crippen MR) is 121 cm³/mol. The van der Waals surface area contributed by atoms with Crippen LogP contribution in [0.5, 0.6) is 5.75 Å². The van der Waals surface area contributed by atoms with E-state index in [1.807, 2.05) is 32.9 Å². The Morgan fingerprint density at radius 2 is 2.16 bits per heavy atom. The van der Waals surface area contributed by atoms with Crippen LogP contribution in [0.4, 0.5) is 4.79 Å².